The largest absolute Gasteiger partial charge is 0.378 e. The summed E-state index contributed by atoms with van der Waals surface area (Å²) in [5.74, 6) is -0.686. The number of rotatable bonds is 2. The normalized spacial score (nSPS) is 31.3. The smallest absolute Gasteiger partial charge is 0.234 e. The van der Waals surface area contributed by atoms with Crippen molar-refractivity contribution >= 4 is 11.8 Å². The molecule has 3 rings (SSSR count). The summed E-state index contributed by atoms with van der Waals surface area (Å²) in [6.07, 6.45) is 2.35. The molecule has 1 aromatic rings. The summed E-state index contributed by atoms with van der Waals surface area (Å²) in [6, 6.07) is 9.66. The number of carbonyl (C=O) groups excluding carboxylic acids is 2. The number of ether oxygens (including phenoxy) is 1. The Bertz CT molecular complexity index is 479. The molecule has 19 heavy (non-hydrogen) atoms. The lowest BCUT2D eigenvalue weighted by Crippen LogP contribution is -2.47. The summed E-state index contributed by atoms with van der Waals surface area (Å²) in [5, 5.41) is 2.45. The monoisotopic (exact) mass is 259 g/mol. The Balaban J connectivity index is 1.92. The molecule has 2 aliphatic heterocycles. The van der Waals surface area contributed by atoms with Crippen LogP contribution in [-0.2, 0) is 14.3 Å². The molecule has 2 amide bonds. The van der Waals surface area contributed by atoms with E-state index in [4.69, 9.17) is 4.74 Å². The maximum absolute atomic E-state index is 12.2. The summed E-state index contributed by atoms with van der Waals surface area (Å²) in [6.45, 7) is 0.735. The number of imide groups is 1. The fourth-order valence-corrected chi connectivity index (χ4v) is 3.14. The minimum absolute atomic E-state index is 0.0280. The van der Waals surface area contributed by atoms with Gasteiger partial charge in [-0.15, -0.1) is 0 Å². The van der Waals surface area contributed by atoms with Gasteiger partial charge in [-0.2, -0.15) is 0 Å². The van der Waals surface area contributed by atoms with Crippen LogP contribution in [0.5, 0.6) is 0 Å². The van der Waals surface area contributed by atoms with Crippen LogP contribution in [0, 0.1) is 5.92 Å². The van der Waals surface area contributed by atoms with Crippen LogP contribution in [0.4, 0.5) is 0 Å². The lowest BCUT2D eigenvalue weighted by molar-refractivity contribution is -0.138. The Morgan fingerprint density at radius 2 is 1.95 bits per heavy atom. The molecule has 0 bridgehead atoms. The van der Waals surface area contributed by atoms with Gasteiger partial charge in [-0.05, 0) is 18.4 Å². The molecule has 0 radical (unpaired) electrons. The van der Waals surface area contributed by atoms with Gasteiger partial charge in [-0.3, -0.25) is 14.9 Å². The van der Waals surface area contributed by atoms with Crippen LogP contribution in [0.2, 0.25) is 0 Å². The first kappa shape index (κ1) is 12.4. The minimum Gasteiger partial charge on any atom is -0.378 e. The summed E-state index contributed by atoms with van der Waals surface area (Å²) >= 11 is 0. The van der Waals surface area contributed by atoms with E-state index >= 15 is 0 Å². The highest BCUT2D eigenvalue weighted by Crippen LogP contribution is 2.37. The molecule has 0 aromatic heterocycles. The molecule has 0 saturated carbocycles. The van der Waals surface area contributed by atoms with Gasteiger partial charge in [0.05, 0.1) is 12.0 Å². The van der Waals surface area contributed by atoms with Gasteiger partial charge in [0, 0.05) is 18.9 Å². The number of benzene rings is 1. The molecule has 2 heterocycles. The lowest BCUT2D eigenvalue weighted by Gasteiger charge is -2.33. The average molecular weight is 259 g/mol. The van der Waals surface area contributed by atoms with Crippen molar-refractivity contribution in [3.63, 3.8) is 0 Å². The molecule has 3 unspecified atom stereocenters. The van der Waals surface area contributed by atoms with Crippen molar-refractivity contribution in [3.8, 4) is 0 Å². The maximum Gasteiger partial charge on any atom is 0.234 e. The summed E-state index contributed by atoms with van der Waals surface area (Å²) < 4.78 is 5.71. The molecule has 1 N–H and O–H groups in total. The highest BCUT2D eigenvalue weighted by atomic mass is 16.5. The van der Waals surface area contributed by atoms with Crippen LogP contribution in [-0.4, -0.2) is 24.5 Å². The molecule has 1 aromatic carbocycles. The summed E-state index contributed by atoms with van der Waals surface area (Å²) in [5.41, 5.74) is 0.966. The molecule has 0 aliphatic carbocycles. The Hall–Kier alpha value is -1.68. The van der Waals surface area contributed by atoms with E-state index in [1.807, 2.05) is 30.3 Å². The van der Waals surface area contributed by atoms with Crippen molar-refractivity contribution in [1.82, 2.24) is 5.32 Å². The second-order valence-electron chi connectivity index (χ2n) is 5.22. The predicted octanol–water partition coefficient (Wildman–Crippen LogP) is 1.61. The van der Waals surface area contributed by atoms with Crippen LogP contribution >= 0.6 is 0 Å². The van der Waals surface area contributed by atoms with E-state index in [1.165, 1.54) is 0 Å². The van der Waals surface area contributed by atoms with E-state index in [0.29, 0.717) is 6.42 Å². The second-order valence-corrected chi connectivity index (χ2v) is 5.22. The molecule has 100 valence electrons. The van der Waals surface area contributed by atoms with Crippen LogP contribution in [0.25, 0.3) is 0 Å². The first-order valence-electron chi connectivity index (χ1n) is 6.76. The van der Waals surface area contributed by atoms with E-state index in [9.17, 15) is 9.59 Å². The topological polar surface area (TPSA) is 55.4 Å². The van der Waals surface area contributed by atoms with Gasteiger partial charge >= 0.3 is 0 Å². The molecular formula is C15H17NO3. The van der Waals surface area contributed by atoms with Crippen molar-refractivity contribution in [2.75, 3.05) is 6.61 Å². The average Bonchev–Trinajstić information content (AvgIpc) is 2.92. The number of amides is 2. The highest BCUT2D eigenvalue weighted by molar-refractivity contribution is 6.01. The zero-order chi connectivity index (χ0) is 13.2. The fraction of sp³-hybridized carbons (Fsp3) is 0.467. The van der Waals surface area contributed by atoms with E-state index in [1.54, 1.807) is 0 Å². The van der Waals surface area contributed by atoms with E-state index in [0.717, 1.165) is 25.0 Å². The number of piperidine rings is 1. The van der Waals surface area contributed by atoms with Gasteiger partial charge in [0.2, 0.25) is 11.8 Å². The third-order valence-corrected chi connectivity index (χ3v) is 4.00. The molecule has 4 heteroatoms. The molecular weight excluding hydrogens is 242 g/mol. The van der Waals surface area contributed by atoms with Gasteiger partial charge in [-0.25, -0.2) is 0 Å². The van der Waals surface area contributed by atoms with Gasteiger partial charge in [0.15, 0.2) is 0 Å². The molecule has 0 spiro atoms. The van der Waals surface area contributed by atoms with Gasteiger partial charge < -0.3 is 4.74 Å². The second kappa shape index (κ2) is 5.13. The maximum atomic E-state index is 12.2. The fourth-order valence-electron chi connectivity index (χ4n) is 3.14. The van der Waals surface area contributed by atoms with Crippen molar-refractivity contribution in [2.24, 2.45) is 5.92 Å². The first-order valence-corrected chi connectivity index (χ1v) is 6.76. The standard InChI is InChI=1S/C15H17NO3/c17-13-9-11(12-7-4-8-19-12)14(15(18)16-13)10-5-2-1-3-6-10/h1-3,5-6,11-12,14H,4,7-9H2,(H,16,17,18). The molecule has 3 atom stereocenters. The van der Waals surface area contributed by atoms with E-state index in [-0.39, 0.29) is 29.8 Å². The van der Waals surface area contributed by atoms with E-state index < -0.39 is 0 Å². The van der Waals surface area contributed by atoms with Crippen LogP contribution in [0.15, 0.2) is 30.3 Å². The summed E-state index contributed by atoms with van der Waals surface area (Å²) in [7, 11) is 0. The third-order valence-electron chi connectivity index (χ3n) is 4.00. The van der Waals surface area contributed by atoms with Gasteiger partial charge in [-0.1, -0.05) is 30.3 Å². The van der Waals surface area contributed by atoms with Crippen LogP contribution < -0.4 is 5.32 Å². The van der Waals surface area contributed by atoms with Crippen LogP contribution in [0.3, 0.4) is 0 Å². The zero-order valence-corrected chi connectivity index (χ0v) is 10.7. The third kappa shape index (κ3) is 2.40. The van der Waals surface area contributed by atoms with Crippen molar-refractivity contribution in [2.45, 2.75) is 31.3 Å². The first-order chi connectivity index (χ1) is 9.25. The van der Waals surface area contributed by atoms with E-state index in [2.05, 4.69) is 5.32 Å². The quantitative estimate of drug-likeness (QED) is 0.821. The Morgan fingerprint density at radius 3 is 2.63 bits per heavy atom. The number of hydrogen-bond donors (Lipinski definition) is 1. The Morgan fingerprint density at radius 1 is 1.16 bits per heavy atom. The number of carbonyl (C=O) groups is 2. The molecule has 2 aliphatic rings. The highest BCUT2D eigenvalue weighted by Gasteiger charge is 2.42. The number of nitrogens with one attached hydrogen (secondary N) is 1. The molecule has 2 fully saturated rings. The Labute approximate surface area is 112 Å². The minimum atomic E-state index is -0.276. The van der Waals surface area contributed by atoms with Crippen molar-refractivity contribution < 1.29 is 14.3 Å². The Kier molecular flexibility index (Phi) is 3.34. The SMILES string of the molecule is O=C1CC(C2CCCO2)C(c2ccccc2)C(=O)N1. The van der Waals surface area contributed by atoms with Crippen LogP contribution in [0.1, 0.15) is 30.7 Å². The van der Waals surface area contributed by atoms with Gasteiger partial charge in [0.1, 0.15) is 0 Å². The predicted molar refractivity (Wildman–Crippen MR) is 69.4 cm³/mol. The zero-order valence-electron chi connectivity index (χ0n) is 10.7. The van der Waals surface area contributed by atoms with Crippen molar-refractivity contribution in [1.29, 1.82) is 0 Å². The molecule has 2 saturated heterocycles. The number of hydrogen-bond acceptors (Lipinski definition) is 3. The lowest BCUT2D eigenvalue weighted by atomic mass is 9.77. The molecule has 4 nitrogen and oxygen atoms in total. The van der Waals surface area contributed by atoms with Crippen molar-refractivity contribution in [3.05, 3.63) is 35.9 Å². The summed E-state index contributed by atoms with van der Waals surface area (Å²) in [4.78, 5) is 23.8. The van der Waals surface area contributed by atoms with Gasteiger partial charge in [0.25, 0.3) is 0 Å².